The van der Waals surface area contributed by atoms with E-state index in [1.807, 2.05) is 0 Å². The molecule has 4 atom stereocenters. The normalized spacial score (nSPS) is 31.0. The maximum Gasteiger partial charge on any atom is 0.282 e. The third kappa shape index (κ3) is 1.85. The average molecular weight is 326 g/mol. The van der Waals surface area contributed by atoms with Gasteiger partial charge in [-0.1, -0.05) is 11.8 Å². The predicted octanol–water partition coefficient (Wildman–Crippen LogP) is -1.69. The van der Waals surface area contributed by atoms with Crippen molar-refractivity contribution in [2.24, 2.45) is 0 Å². The van der Waals surface area contributed by atoms with Gasteiger partial charge in [0.15, 0.2) is 22.5 Å². The number of aliphatic hydroxyl groups excluding tert-OH is 3. The van der Waals surface area contributed by atoms with Crippen molar-refractivity contribution >= 4 is 22.9 Å². The predicted molar refractivity (Wildman–Crippen MR) is 75.5 cm³/mol. The van der Waals surface area contributed by atoms with Crippen molar-refractivity contribution in [2.45, 2.75) is 36.2 Å². The van der Waals surface area contributed by atoms with E-state index in [9.17, 15) is 15.0 Å². The molecule has 9 nitrogen and oxygen atoms in total. The van der Waals surface area contributed by atoms with Gasteiger partial charge in [-0.3, -0.25) is 13.9 Å². The fraction of sp³-hybridized carbons (Fsp3) is 0.583. The summed E-state index contributed by atoms with van der Waals surface area (Å²) in [4.78, 5) is 20.9. The zero-order chi connectivity index (χ0) is 15.4. The Balaban J connectivity index is 1.84. The highest BCUT2D eigenvalue weighted by Crippen LogP contribution is 2.31. The minimum absolute atomic E-state index is 0.198. The van der Waals surface area contributed by atoms with Crippen molar-refractivity contribution in [1.82, 2.24) is 19.1 Å². The van der Waals surface area contributed by atoms with Gasteiger partial charge in [0.2, 0.25) is 0 Å². The fourth-order valence-electron chi connectivity index (χ4n) is 2.81. The molecular weight excluding hydrogens is 312 g/mol. The number of imidazole rings is 1. The molecule has 0 aliphatic carbocycles. The van der Waals surface area contributed by atoms with Crippen molar-refractivity contribution < 1.29 is 20.1 Å². The minimum Gasteiger partial charge on any atom is -0.394 e. The van der Waals surface area contributed by atoms with E-state index in [1.54, 1.807) is 4.57 Å². The standard InChI is InChI=1S/C12H14N4O5S/c17-3-5-7(18)8(19)11(21-5)16-4-13-6-9(16)14-12-15(10(6)20)1-2-22-12/h4-5,7-8,11,17-19H,1-3H2/t5-,7-,8-,11-/m1/s1. The molecule has 0 radical (unpaired) electrons. The lowest BCUT2D eigenvalue weighted by Crippen LogP contribution is -2.33. The molecular formula is C12H14N4O5S. The SMILES string of the molecule is O=c1c2ncn([C@@H]3O[C@H](CO)[C@@H](O)[C@H]3O)c2nc2n1CCS2. The molecule has 4 rings (SSSR count). The van der Waals surface area contributed by atoms with Crippen molar-refractivity contribution in [3.63, 3.8) is 0 Å². The maximum atomic E-state index is 12.4. The van der Waals surface area contributed by atoms with E-state index in [0.29, 0.717) is 17.3 Å². The van der Waals surface area contributed by atoms with Crippen LogP contribution in [0, 0.1) is 0 Å². The van der Waals surface area contributed by atoms with Crippen LogP contribution in [0.4, 0.5) is 0 Å². The van der Waals surface area contributed by atoms with E-state index >= 15 is 0 Å². The molecule has 118 valence electrons. The summed E-state index contributed by atoms with van der Waals surface area (Å²) in [7, 11) is 0. The van der Waals surface area contributed by atoms with E-state index in [2.05, 4.69) is 9.97 Å². The van der Waals surface area contributed by atoms with Crippen LogP contribution in [-0.4, -0.2) is 65.1 Å². The maximum absolute atomic E-state index is 12.4. The lowest BCUT2D eigenvalue weighted by molar-refractivity contribution is -0.0511. The molecule has 2 aromatic heterocycles. The molecule has 0 aromatic carbocycles. The highest BCUT2D eigenvalue weighted by atomic mass is 32.2. The van der Waals surface area contributed by atoms with Crippen molar-refractivity contribution in [1.29, 1.82) is 0 Å². The Morgan fingerprint density at radius 2 is 2.23 bits per heavy atom. The first kappa shape index (κ1) is 14.2. The lowest BCUT2D eigenvalue weighted by Gasteiger charge is -2.16. The number of rotatable bonds is 2. The molecule has 0 saturated carbocycles. The summed E-state index contributed by atoms with van der Waals surface area (Å²) in [6.45, 7) is 0.186. The second-order valence-electron chi connectivity index (χ2n) is 5.25. The van der Waals surface area contributed by atoms with E-state index in [4.69, 9.17) is 9.84 Å². The monoisotopic (exact) mass is 326 g/mol. The fourth-order valence-corrected chi connectivity index (χ4v) is 3.75. The van der Waals surface area contributed by atoms with Crippen LogP contribution in [0.15, 0.2) is 16.3 Å². The van der Waals surface area contributed by atoms with Gasteiger partial charge in [-0.15, -0.1) is 0 Å². The number of aromatic nitrogens is 4. The number of hydrogen-bond acceptors (Lipinski definition) is 8. The molecule has 22 heavy (non-hydrogen) atoms. The quantitative estimate of drug-likeness (QED) is 0.559. The zero-order valence-corrected chi connectivity index (χ0v) is 12.2. The van der Waals surface area contributed by atoms with Crippen LogP contribution in [0.5, 0.6) is 0 Å². The Labute approximate surface area is 128 Å². The highest BCUT2D eigenvalue weighted by molar-refractivity contribution is 7.99. The van der Waals surface area contributed by atoms with Gasteiger partial charge in [-0.25, -0.2) is 9.97 Å². The molecule has 0 bridgehead atoms. The summed E-state index contributed by atoms with van der Waals surface area (Å²) in [5.41, 5.74) is 0.278. The molecule has 10 heteroatoms. The first-order valence-corrected chi connectivity index (χ1v) is 7.83. The molecule has 2 aliphatic rings. The van der Waals surface area contributed by atoms with Crippen molar-refractivity contribution in [3.8, 4) is 0 Å². The average Bonchev–Trinajstić information content (AvgIpc) is 3.20. The van der Waals surface area contributed by atoms with Gasteiger partial charge in [-0.05, 0) is 0 Å². The number of aliphatic hydroxyl groups is 3. The van der Waals surface area contributed by atoms with Gasteiger partial charge >= 0.3 is 0 Å². The Morgan fingerprint density at radius 3 is 2.95 bits per heavy atom. The second-order valence-corrected chi connectivity index (χ2v) is 6.31. The number of hydrogen-bond donors (Lipinski definition) is 3. The van der Waals surface area contributed by atoms with Gasteiger partial charge in [0, 0.05) is 12.3 Å². The lowest BCUT2D eigenvalue weighted by atomic mass is 10.1. The van der Waals surface area contributed by atoms with Crippen LogP contribution in [-0.2, 0) is 11.3 Å². The molecule has 2 aromatic rings. The summed E-state index contributed by atoms with van der Waals surface area (Å²) >= 11 is 1.48. The largest absolute Gasteiger partial charge is 0.394 e. The summed E-state index contributed by atoms with van der Waals surface area (Å²) in [5.74, 6) is 0.780. The molecule has 3 N–H and O–H groups in total. The number of fused-ring (bicyclic) bond motifs is 2. The minimum atomic E-state index is -1.24. The van der Waals surface area contributed by atoms with Gasteiger partial charge in [0.05, 0.1) is 12.9 Å². The smallest absolute Gasteiger partial charge is 0.282 e. The Kier molecular flexibility index (Phi) is 3.24. The van der Waals surface area contributed by atoms with E-state index in [1.165, 1.54) is 22.7 Å². The summed E-state index contributed by atoms with van der Waals surface area (Å²) < 4.78 is 8.47. The summed E-state index contributed by atoms with van der Waals surface area (Å²) in [6, 6.07) is 0. The van der Waals surface area contributed by atoms with Crippen LogP contribution in [0.1, 0.15) is 6.23 Å². The summed E-state index contributed by atoms with van der Waals surface area (Å²) in [5, 5.41) is 29.7. The molecule has 1 fully saturated rings. The highest BCUT2D eigenvalue weighted by Gasteiger charge is 2.44. The van der Waals surface area contributed by atoms with E-state index in [-0.39, 0.29) is 11.1 Å². The summed E-state index contributed by atoms with van der Waals surface area (Å²) in [6.07, 6.45) is -2.92. The zero-order valence-electron chi connectivity index (χ0n) is 11.4. The van der Waals surface area contributed by atoms with Gasteiger partial charge in [-0.2, -0.15) is 0 Å². The van der Waals surface area contributed by atoms with Gasteiger partial charge in [0.1, 0.15) is 18.3 Å². The van der Waals surface area contributed by atoms with Crippen LogP contribution in [0.3, 0.4) is 0 Å². The van der Waals surface area contributed by atoms with E-state index < -0.39 is 31.1 Å². The Morgan fingerprint density at radius 1 is 1.41 bits per heavy atom. The Bertz CT molecular complexity index is 790. The van der Waals surface area contributed by atoms with Crippen LogP contribution >= 0.6 is 11.8 Å². The first-order chi connectivity index (χ1) is 10.6. The third-order valence-corrected chi connectivity index (χ3v) is 4.94. The molecule has 0 unspecified atom stereocenters. The van der Waals surface area contributed by atoms with Crippen LogP contribution < -0.4 is 5.56 Å². The van der Waals surface area contributed by atoms with Gasteiger partial charge < -0.3 is 20.1 Å². The molecule has 0 spiro atoms. The van der Waals surface area contributed by atoms with Crippen LogP contribution in [0.25, 0.3) is 11.2 Å². The van der Waals surface area contributed by atoms with Gasteiger partial charge in [0.25, 0.3) is 5.56 Å². The number of ether oxygens (including phenoxy) is 1. The van der Waals surface area contributed by atoms with Crippen molar-refractivity contribution in [3.05, 3.63) is 16.7 Å². The second kappa shape index (κ2) is 5.03. The van der Waals surface area contributed by atoms with Crippen molar-refractivity contribution in [2.75, 3.05) is 12.4 Å². The molecule has 2 aliphatic heterocycles. The molecule has 0 amide bonds. The number of nitrogens with zero attached hydrogens (tertiary/aromatic N) is 4. The third-order valence-electron chi connectivity index (χ3n) is 3.99. The number of thioether (sulfide) groups is 1. The molecule has 1 saturated heterocycles. The first-order valence-electron chi connectivity index (χ1n) is 6.84. The Hall–Kier alpha value is -1.46. The molecule has 4 heterocycles. The topological polar surface area (TPSA) is 123 Å². The van der Waals surface area contributed by atoms with E-state index in [0.717, 1.165) is 5.75 Å². The van der Waals surface area contributed by atoms with Crippen LogP contribution in [0.2, 0.25) is 0 Å².